The third-order valence-electron chi connectivity index (χ3n) is 2.60. The first-order chi connectivity index (χ1) is 8.13. The molecule has 3 nitrogen and oxygen atoms in total. The smallest absolute Gasteiger partial charge is 0.167 e. The molecule has 96 valence electrons. The molecule has 0 radical (unpaired) electrons. The summed E-state index contributed by atoms with van der Waals surface area (Å²) in [6.45, 7) is 8.18. The average Bonchev–Trinajstić information content (AvgIpc) is 2.30. The van der Waals surface area contributed by atoms with Gasteiger partial charge in [0, 0.05) is 25.2 Å². The van der Waals surface area contributed by atoms with E-state index >= 15 is 0 Å². The van der Waals surface area contributed by atoms with Crippen molar-refractivity contribution in [2.45, 2.75) is 27.2 Å². The molecule has 0 atom stereocenters. The maximum Gasteiger partial charge on any atom is 0.167 e. The Bertz CT molecular complexity index is 369. The van der Waals surface area contributed by atoms with E-state index in [1.807, 2.05) is 6.92 Å². The zero-order valence-electron chi connectivity index (χ0n) is 10.8. The van der Waals surface area contributed by atoms with Crippen molar-refractivity contribution in [2.75, 3.05) is 30.3 Å². The highest BCUT2D eigenvalue weighted by atomic mass is 19.1. The number of benzene rings is 1. The number of ether oxygens (including phenoxy) is 1. The number of anilines is 2. The lowest BCUT2D eigenvalue weighted by molar-refractivity contribution is 0.321. The van der Waals surface area contributed by atoms with Crippen LogP contribution in [0, 0.1) is 5.82 Å². The molecule has 0 spiro atoms. The van der Waals surface area contributed by atoms with E-state index in [2.05, 4.69) is 18.7 Å². The fraction of sp³-hybridized carbons (Fsp3) is 0.538. The molecule has 1 rings (SSSR count). The molecule has 17 heavy (non-hydrogen) atoms. The molecule has 1 aromatic carbocycles. The van der Waals surface area contributed by atoms with Crippen LogP contribution in [0.3, 0.4) is 0 Å². The Morgan fingerprint density at radius 3 is 2.53 bits per heavy atom. The van der Waals surface area contributed by atoms with Crippen LogP contribution in [0.2, 0.25) is 0 Å². The van der Waals surface area contributed by atoms with E-state index in [1.165, 1.54) is 6.07 Å². The summed E-state index contributed by atoms with van der Waals surface area (Å²) in [4.78, 5) is 2.12. The Morgan fingerprint density at radius 1 is 1.29 bits per heavy atom. The number of rotatable bonds is 6. The first kappa shape index (κ1) is 13.6. The van der Waals surface area contributed by atoms with E-state index in [0.717, 1.165) is 25.2 Å². The standard InChI is InChI=1S/C13H21FN2O/c1-4-7-16(5-2)12-9-13(17-6-3)10(14)8-11(12)15/h8-9H,4-7,15H2,1-3H3. The van der Waals surface area contributed by atoms with Gasteiger partial charge in [0.05, 0.1) is 18.0 Å². The van der Waals surface area contributed by atoms with Crippen LogP contribution in [0.4, 0.5) is 15.8 Å². The molecular formula is C13H21FN2O. The predicted molar refractivity (Wildman–Crippen MR) is 70.2 cm³/mol. The first-order valence-electron chi connectivity index (χ1n) is 6.10. The van der Waals surface area contributed by atoms with Crippen molar-refractivity contribution in [3.05, 3.63) is 17.9 Å². The van der Waals surface area contributed by atoms with Gasteiger partial charge in [0.25, 0.3) is 0 Å². The van der Waals surface area contributed by atoms with Crippen LogP contribution in [0.25, 0.3) is 0 Å². The van der Waals surface area contributed by atoms with Crippen molar-refractivity contribution in [3.8, 4) is 5.75 Å². The molecule has 0 unspecified atom stereocenters. The minimum absolute atomic E-state index is 0.270. The average molecular weight is 240 g/mol. The van der Waals surface area contributed by atoms with Gasteiger partial charge in [0.2, 0.25) is 0 Å². The number of nitrogens with zero attached hydrogens (tertiary/aromatic N) is 1. The predicted octanol–water partition coefficient (Wildman–Crippen LogP) is 3.04. The Balaban J connectivity index is 3.08. The summed E-state index contributed by atoms with van der Waals surface area (Å²) >= 11 is 0. The van der Waals surface area contributed by atoms with Crippen LogP contribution in [0.15, 0.2) is 12.1 Å². The fourth-order valence-corrected chi connectivity index (χ4v) is 1.82. The maximum atomic E-state index is 13.5. The van der Waals surface area contributed by atoms with Crippen LogP contribution < -0.4 is 15.4 Å². The second-order valence-electron chi connectivity index (χ2n) is 3.85. The van der Waals surface area contributed by atoms with Gasteiger partial charge in [-0.3, -0.25) is 0 Å². The van der Waals surface area contributed by atoms with E-state index < -0.39 is 5.82 Å². The summed E-state index contributed by atoms with van der Waals surface area (Å²) in [6, 6.07) is 3.02. The molecule has 0 aromatic heterocycles. The summed E-state index contributed by atoms with van der Waals surface area (Å²) in [5, 5.41) is 0. The Kier molecular flexibility index (Phi) is 5.07. The molecule has 0 amide bonds. The lowest BCUT2D eigenvalue weighted by atomic mass is 10.2. The monoisotopic (exact) mass is 240 g/mol. The van der Waals surface area contributed by atoms with Crippen molar-refractivity contribution in [1.29, 1.82) is 0 Å². The van der Waals surface area contributed by atoms with Crippen molar-refractivity contribution in [1.82, 2.24) is 0 Å². The molecule has 0 aliphatic carbocycles. The minimum atomic E-state index is -0.402. The van der Waals surface area contributed by atoms with E-state index in [1.54, 1.807) is 6.07 Å². The fourth-order valence-electron chi connectivity index (χ4n) is 1.82. The molecule has 0 fully saturated rings. The van der Waals surface area contributed by atoms with Crippen LogP contribution in [0.5, 0.6) is 5.75 Å². The quantitative estimate of drug-likeness (QED) is 0.777. The Hall–Kier alpha value is -1.45. The number of hydrogen-bond donors (Lipinski definition) is 1. The SMILES string of the molecule is CCCN(CC)c1cc(OCC)c(F)cc1N. The lowest BCUT2D eigenvalue weighted by Gasteiger charge is -2.24. The number of nitrogen functional groups attached to an aromatic ring is 1. The van der Waals surface area contributed by atoms with Crippen LogP contribution in [-0.2, 0) is 0 Å². The lowest BCUT2D eigenvalue weighted by Crippen LogP contribution is -2.24. The van der Waals surface area contributed by atoms with Gasteiger partial charge in [-0.1, -0.05) is 6.92 Å². The van der Waals surface area contributed by atoms with Crippen molar-refractivity contribution in [3.63, 3.8) is 0 Å². The highest BCUT2D eigenvalue weighted by molar-refractivity contribution is 5.70. The summed E-state index contributed by atoms with van der Waals surface area (Å²) in [7, 11) is 0. The van der Waals surface area contributed by atoms with Gasteiger partial charge in [-0.2, -0.15) is 0 Å². The zero-order chi connectivity index (χ0) is 12.8. The molecule has 0 heterocycles. The Morgan fingerprint density at radius 2 is 2.00 bits per heavy atom. The van der Waals surface area contributed by atoms with Crippen molar-refractivity contribution < 1.29 is 9.13 Å². The molecule has 0 aliphatic heterocycles. The van der Waals surface area contributed by atoms with E-state index in [-0.39, 0.29) is 5.75 Å². The normalized spacial score (nSPS) is 10.4. The van der Waals surface area contributed by atoms with Crippen LogP contribution >= 0.6 is 0 Å². The highest BCUT2D eigenvalue weighted by Gasteiger charge is 2.13. The third kappa shape index (κ3) is 3.25. The van der Waals surface area contributed by atoms with Gasteiger partial charge in [0.15, 0.2) is 11.6 Å². The number of hydrogen-bond acceptors (Lipinski definition) is 3. The van der Waals surface area contributed by atoms with Gasteiger partial charge in [-0.15, -0.1) is 0 Å². The summed E-state index contributed by atoms with van der Waals surface area (Å²) in [5.74, 6) is -0.132. The molecule has 1 aromatic rings. The van der Waals surface area contributed by atoms with Gasteiger partial charge < -0.3 is 15.4 Å². The van der Waals surface area contributed by atoms with E-state index in [4.69, 9.17) is 10.5 Å². The molecule has 0 saturated heterocycles. The summed E-state index contributed by atoms with van der Waals surface area (Å²) < 4.78 is 18.8. The Labute approximate surface area is 102 Å². The van der Waals surface area contributed by atoms with Gasteiger partial charge in [-0.05, 0) is 20.3 Å². The zero-order valence-corrected chi connectivity index (χ0v) is 10.8. The second kappa shape index (κ2) is 6.33. The molecule has 0 aliphatic rings. The summed E-state index contributed by atoms with van der Waals surface area (Å²) in [6.07, 6.45) is 1.02. The molecule has 4 heteroatoms. The van der Waals surface area contributed by atoms with Gasteiger partial charge >= 0.3 is 0 Å². The van der Waals surface area contributed by atoms with Crippen LogP contribution in [-0.4, -0.2) is 19.7 Å². The minimum Gasteiger partial charge on any atom is -0.491 e. The maximum absolute atomic E-state index is 13.5. The highest BCUT2D eigenvalue weighted by Crippen LogP contribution is 2.31. The number of halogens is 1. The molecule has 2 N–H and O–H groups in total. The summed E-state index contributed by atoms with van der Waals surface area (Å²) in [5.41, 5.74) is 7.16. The number of nitrogens with two attached hydrogens (primary N) is 1. The van der Waals surface area contributed by atoms with E-state index in [0.29, 0.717) is 12.3 Å². The van der Waals surface area contributed by atoms with Gasteiger partial charge in [-0.25, -0.2) is 4.39 Å². The topological polar surface area (TPSA) is 38.5 Å². The molecule has 0 bridgehead atoms. The molecular weight excluding hydrogens is 219 g/mol. The van der Waals surface area contributed by atoms with Crippen molar-refractivity contribution >= 4 is 11.4 Å². The first-order valence-corrected chi connectivity index (χ1v) is 6.10. The van der Waals surface area contributed by atoms with E-state index in [9.17, 15) is 4.39 Å². The third-order valence-corrected chi connectivity index (χ3v) is 2.60. The van der Waals surface area contributed by atoms with Gasteiger partial charge in [0.1, 0.15) is 0 Å². The van der Waals surface area contributed by atoms with Crippen LogP contribution in [0.1, 0.15) is 27.2 Å². The second-order valence-corrected chi connectivity index (χ2v) is 3.85. The molecule has 0 saturated carbocycles. The largest absolute Gasteiger partial charge is 0.491 e. The van der Waals surface area contributed by atoms with Crippen molar-refractivity contribution in [2.24, 2.45) is 0 Å².